The van der Waals surface area contributed by atoms with Gasteiger partial charge in [0.15, 0.2) is 11.5 Å². The second-order valence-electron chi connectivity index (χ2n) is 9.37. The van der Waals surface area contributed by atoms with E-state index in [1.807, 2.05) is 49.4 Å². The van der Waals surface area contributed by atoms with E-state index in [0.717, 1.165) is 55.1 Å². The highest BCUT2D eigenvalue weighted by Gasteiger charge is 2.14. The molecule has 0 bridgehead atoms. The predicted octanol–water partition coefficient (Wildman–Crippen LogP) is 4.99. The van der Waals surface area contributed by atoms with Crippen LogP contribution in [-0.2, 0) is 4.74 Å². The van der Waals surface area contributed by atoms with Crippen LogP contribution in [0.5, 0.6) is 11.5 Å². The lowest BCUT2D eigenvalue weighted by Gasteiger charge is -2.26. The van der Waals surface area contributed by atoms with Crippen LogP contribution in [0.2, 0.25) is 0 Å². The van der Waals surface area contributed by atoms with Crippen molar-refractivity contribution in [3.05, 3.63) is 77.7 Å². The third kappa shape index (κ3) is 6.45. The van der Waals surface area contributed by atoms with Gasteiger partial charge < -0.3 is 24.1 Å². The Hall–Kier alpha value is -4.21. The molecule has 3 aromatic carbocycles. The second kappa shape index (κ2) is 12.1. The molecule has 0 radical (unpaired) electrons. The molecule has 0 atom stereocenters. The van der Waals surface area contributed by atoms with Gasteiger partial charge in [-0.2, -0.15) is 4.98 Å². The molecule has 1 amide bonds. The van der Waals surface area contributed by atoms with Crippen molar-refractivity contribution in [2.45, 2.75) is 13.8 Å². The van der Waals surface area contributed by atoms with Crippen molar-refractivity contribution >= 4 is 11.6 Å². The largest absolute Gasteiger partial charge is 0.493 e. The number of morpholine rings is 1. The molecule has 0 aliphatic carbocycles. The third-order valence-electron chi connectivity index (χ3n) is 6.66. The normalized spacial score (nSPS) is 13.7. The molecule has 39 heavy (non-hydrogen) atoms. The summed E-state index contributed by atoms with van der Waals surface area (Å²) < 4.78 is 21.9. The van der Waals surface area contributed by atoms with E-state index >= 15 is 0 Å². The average molecular weight is 529 g/mol. The number of aromatic nitrogens is 2. The van der Waals surface area contributed by atoms with E-state index in [2.05, 4.69) is 20.4 Å². The van der Waals surface area contributed by atoms with Gasteiger partial charge in [-0.25, -0.2) is 0 Å². The quantitative estimate of drug-likeness (QED) is 0.324. The summed E-state index contributed by atoms with van der Waals surface area (Å²) in [5, 5.41) is 6.96. The summed E-state index contributed by atoms with van der Waals surface area (Å²) in [6, 6.07) is 19.0. The molecule has 0 saturated carbocycles. The van der Waals surface area contributed by atoms with E-state index in [1.165, 1.54) is 0 Å². The molecule has 1 aromatic heterocycles. The number of nitrogens with zero attached hydrogens (tertiary/aromatic N) is 3. The minimum absolute atomic E-state index is 0.203. The van der Waals surface area contributed by atoms with Gasteiger partial charge in [-0.15, -0.1) is 0 Å². The molecule has 1 fully saturated rings. The first-order chi connectivity index (χ1) is 19.0. The standard InChI is InChI=1S/C30H32N4O5/c1-20-18-24(29-31-21(2)39-33-29)8-10-26(20)22-4-6-23(7-5-22)30(35)32-25-9-11-27(36-3)28(19-25)38-17-14-34-12-15-37-16-13-34/h4-11,18-19H,12-17H2,1-3H3,(H,32,35). The number of ether oxygens (including phenoxy) is 3. The molecule has 9 nitrogen and oxygen atoms in total. The van der Waals surface area contributed by atoms with Gasteiger partial charge in [0.2, 0.25) is 11.7 Å². The van der Waals surface area contributed by atoms with Crippen LogP contribution >= 0.6 is 0 Å². The van der Waals surface area contributed by atoms with E-state index in [1.54, 1.807) is 32.2 Å². The molecule has 1 saturated heterocycles. The zero-order chi connectivity index (χ0) is 27.2. The maximum absolute atomic E-state index is 13.0. The number of rotatable bonds is 9. The molecule has 4 aromatic rings. The van der Waals surface area contributed by atoms with Crippen LogP contribution in [-0.4, -0.2) is 67.5 Å². The van der Waals surface area contributed by atoms with Gasteiger partial charge in [-0.1, -0.05) is 29.4 Å². The van der Waals surface area contributed by atoms with Crippen molar-refractivity contribution in [1.29, 1.82) is 0 Å². The molecule has 5 rings (SSSR count). The van der Waals surface area contributed by atoms with Crippen LogP contribution < -0.4 is 14.8 Å². The number of aryl methyl sites for hydroxylation is 2. The first-order valence-corrected chi connectivity index (χ1v) is 12.9. The number of amides is 1. The molecule has 0 spiro atoms. The maximum atomic E-state index is 13.0. The molecule has 1 N–H and O–H groups in total. The summed E-state index contributed by atoms with van der Waals surface area (Å²) in [4.78, 5) is 19.6. The van der Waals surface area contributed by atoms with Gasteiger partial charge in [-0.05, 0) is 53.9 Å². The van der Waals surface area contributed by atoms with Crippen molar-refractivity contribution in [3.63, 3.8) is 0 Å². The smallest absolute Gasteiger partial charge is 0.255 e. The Morgan fingerprint density at radius 1 is 0.974 bits per heavy atom. The Bertz CT molecular complexity index is 1430. The Labute approximate surface area is 227 Å². The van der Waals surface area contributed by atoms with E-state index < -0.39 is 0 Å². The summed E-state index contributed by atoms with van der Waals surface area (Å²) in [6.07, 6.45) is 0. The Morgan fingerprint density at radius 2 is 1.74 bits per heavy atom. The maximum Gasteiger partial charge on any atom is 0.255 e. The molecule has 1 aliphatic rings. The minimum Gasteiger partial charge on any atom is -0.493 e. The summed E-state index contributed by atoms with van der Waals surface area (Å²) in [7, 11) is 1.60. The van der Waals surface area contributed by atoms with Crippen molar-refractivity contribution in [2.24, 2.45) is 0 Å². The van der Waals surface area contributed by atoms with Crippen molar-refractivity contribution in [1.82, 2.24) is 15.0 Å². The minimum atomic E-state index is -0.203. The summed E-state index contributed by atoms with van der Waals surface area (Å²) in [6.45, 7) is 8.43. The van der Waals surface area contributed by atoms with Crippen molar-refractivity contribution < 1.29 is 23.5 Å². The van der Waals surface area contributed by atoms with Gasteiger partial charge in [-0.3, -0.25) is 9.69 Å². The van der Waals surface area contributed by atoms with E-state index in [9.17, 15) is 4.79 Å². The fraction of sp³-hybridized carbons (Fsp3) is 0.300. The monoisotopic (exact) mass is 528 g/mol. The summed E-state index contributed by atoms with van der Waals surface area (Å²) in [5.41, 5.74) is 5.25. The SMILES string of the molecule is COc1ccc(NC(=O)c2ccc(-c3ccc(-c4noc(C)n4)cc3C)cc2)cc1OCCN1CCOCC1. The number of carbonyl (C=O) groups excluding carboxylic acids is 1. The van der Waals surface area contributed by atoms with Crippen LogP contribution in [0.1, 0.15) is 21.8 Å². The lowest BCUT2D eigenvalue weighted by molar-refractivity contribution is 0.0321. The summed E-state index contributed by atoms with van der Waals surface area (Å²) in [5.74, 6) is 2.11. The zero-order valence-electron chi connectivity index (χ0n) is 22.4. The van der Waals surface area contributed by atoms with Crippen molar-refractivity contribution in [2.75, 3.05) is 51.9 Å². The number of hydrogen-bond donors (Lipinski definition) is 1. The van der Waals surface area contributed by atoms with Crippen LogP contribution in [0.25, 0.3) is 22.5 Å². The fourth-order valence-corrected chi connectivity index (χ4v) is 4.52. The second-order valence-corrected chi connectivity index (χ2v) is 9.37. The number of hydrogen-bond acceptors (Lipinski definition) is 8. The predicted molar refractivity (Wildman–Crippen MR) is 148 cm³/mol. The highest BCUT2D eigenvalue weighted by atomic mass is 16.5. The first-order valence-electron chi connectivity index (χ1n) is 12.9. The first kappa shape index (κ1) is 26.4. The lowest BCUT2D eigenvalue weighted by atomic mass is 9.97. The Balaban J connectivity index is 1.23. The molecule has 202 valence electrons. The van der Waals surface area contributed by atoms with Gasteiger partial charge in [0.25, 0.3) is 5.91 Å². The molecular weight excluding hydrogens is 496 g/mol. The van der Waals surface area contributed by atoms with E-state index in [-0.39, 0.29) is 5.91 Å². The molecule has 9 heteroatoms. The average Bonchev–Trinajstić information content (AvgIpc) is 3.40. The number of carbonyl (C=O) groups is 1. The van der Waals surface area contributed by atoms with Gasteiger partial charge in [0.05, 0.1) is 20.3 Å². The Morgan fingerprint density at radius 3 is 2.44 bits per heavy atom. The third-order valence-corrected chi connectivity index (χ3v) is 6.66. The highest BCUT2D eigenvalue weighted by Crippen LogP contribution is 2.31. The van der Waals surface area contributed by atoms with Crippen LogP contribution in [0.3, 0.4) is 0 Å². The van der Waals surface area contributed by atoms with Gasteiger partial charge in [0.1, 0.15) is 6.61 Å². The van der Waals surface area contributed by atoms with Crippen LogP contribution in [0, 0.1) is 13.8 Å². The molecule has 1 aliphatic heterocycles. The van der Waals surface area contributed by atoms with E-state index in [4.69, 9.17) is 18.7 Å². The summed E-state index contributed by atoms with van der Waals surface area (Å²) >= 11 is 0. The Kier molecular flexibility index (Phi) is 8.19. The van der Waals surface area contributed by atoms with Gasteiger partial charge in [0, 0.05) is 49.4 Å². The molecular formula is C30H32N4O5. The number of benzene rings is 3. The number of methoxy groups -OCH3 is 1. The van der Waals surface area contributed by atoms with Gasteiger partial charge >= 0.3 is 0 Å². The highest BCUT2D eigenvalue weighted by molar-refractivity contribution is 6.04. The fourth-order valence-electron chi connectivity index (χ4n) is 4.52. The van der Waals surface area contributed by atoms with Crippen LogP contribution in [0.15, 0.2) is 65.2 Å². The zero-order valence-corrected chi connectivity index (χ0v) is 22.4. The molecule has 2 heterocycles. The number of anilines is 1. The number of nitrogens with one attached hydrogen (secondary N) is 1. The molecule has 0 unspecified atom stereocenters. The van der Waals surface area contributed by atoms with Crippen molar-refractivity contribution in [3.8, 4) is 34.0 Å². The topological polar surface area (TPSA) is 99.0 Å². The van der Waals surface area contributed by atoms with Crippen LogP contribution in [0.4, 0.5) is 5.69 Å². The lowest BCUT2D eigenvalue weighted by Crippen LogP contribution is -2.38. The van der Waals surface area contributed by atoms with E-state index in [0.29, 0.717) is 41.1 Å².